The number of amides is 2. The average molecular weight is 387 g/mol. The molecule has 2 spiro atoms. The number of fused-ring (bicyclic) bond motifs is 1. The summed E-state index contributed by atoms with van der Waals surface area (Å²) >= 11 is 0. The fraction of sp³-hybridized carbons (Fsp3) is 0.636. The van der Waals surface area contributed by atoms with E-state index in [4.69, 9.17) is 0 Å². The van der Waals surface area contributed by atoms with Gasteiger partial charge in [0.2, 0.25) is 11.8 Å². The summed E-state index contributed by atoms with van der Waals surface area (Å²) in [5, 5.41) is 0. The Hall–Kier alpha value is -1.95. The van der Waals surface area contributed by atoms with Gasteiger partial charge in [-0.3, -0.25) is 14.5 Å². The van der Waals surface area contributed by atoms with E-state index in [-0.39, 0.29) is 23.0 Å². The molecule has 0 radical (unpaired) electrons. The molecule has 5 nitrogen and oxygen atoms in total. The highest BCUT2D eigenvalue weighted by molar-refractivity contribution is 5.88. The van der Waals surface area contributed by atoms with Gasteiger partial charge in [0, 0.05) is 45.1 Å². The third-order valence-corrected chi connectivity index (χ3v) is 7.43. The second-order valence-corrected chi connectivity index (χ2v) is 8.77. The van der Waals surface area contributed by atoms with Crippen molar-refractivity contribution in [3.8, 4) is 0 Å². The number of rotatable bonds is 3. The number of carbonyl (C=O) groups excluding carboxylic acids is 2. The van der Waals surface area contributed by atoms with E-state index in [0.717, 1.165) is 57.5 Å². The molecule has 28 heavy (non-hydrogen) atoms. The lowest BCUT2D eigenvalue weighted by atomic mass is 9.60. The number of hydrogen-bond donors (Lipinski definition) is 0. The number of carbonyl (C=O) groups is 2. The van der Waals surface area contributed by atoms with Crippen LogP contribution in [0.3, 0.4) is 0 Å². The second kappa shape index (κ2) is 7.14. The first-order valence-corrected chi connectivity index (χ1v) is 10.4. The third-order valence-electron chi connectivity index (χ3n) is 7.43. The Balaban J connectivity index is 1.52. The predicted octanol–water partition coefficient (Wildman–Crippen LogP) is 2.51. The molecule has 0 bridgehead atoms. The predicted molar refractivity (Wildman–Crippen MR) is 105 cm³/mol. The molecule has 0 aliphatic carbocycles. The Morgan fingerprint density at radius 3 is 2.32 bits per heavy atom. The Morgan fingerprint density at radius 1 is 1.07 bits per heavy atom. The van der Waals surface area contributed by atoms with E-state index in [2.05, 4.69) is 4.90 Å². The van der Waals surface area contributed by atoms with Crippen molar-refractivity contribution in [2.24, 2.45) is 10.8 Å². The van der Waals surface area contributed by atoms with Gasteiger partial charge in [0.1, 0.15) is 5.82 Å². The molecule has 1 unspecified atom stereocenters. The van der Waals surface area contributed by atoms with Crippen molar-refractivity contribution in [3.63, 3.8) is 0 Å². The van der Waals surface area contributed by atoms with E-state index >= 15 is 0 Å². The maximum Gasteiger partial charge on any atom is 0.231 e. The zero-order valence-corrected chi connectivity index (χ0v) is 16.9. The Kier molecular flexibility index (Phi) is 4.94. The minimum Gasteiger partial charge on any atom is -0.342 e. The van der Waals surface area contributed by atoms with Crippen LogP contribution >= 0.6 is 0 Å². The van der Waals surface area contributed by atoms with Crippen LogP contribution in [-0.2, 0) is 16.1 Å². The molecule has 6 heteroatoms. The molecule has 3 saturated heterocycles. The highest BCUT2D eigenvalue weighted by Crippen LogP contribution is 2.57. The summed E-state index contributed by atoms with van der Waals surface area (Å²) < 4.78 is 13.2. The van der Waals surface area contributed by atoms with Crippen molar-refractivity contribution < 1.29 is 14.0 Å². The summed E-state index contributed by atoms with van der Waals surface area (Å²) in [6, 6.07) is 6.70. The smallest absolute Gasteiger partial charge is 0.231 e. The largest absolute Gasteiger partial charge is 0.342 e. The van der Waals surface area contributed by atoms with E-state index in [9.17, 15) is 14.0 Å². The van der Waals surface area contributed by atoms with Crippen molar-refractivity contribution in [2.75, 3.05) is 39.3 Å². The fourth-order valence-corrected chi connectivity index (χ4v) is 5.69. The summed E-state index contributed by atoms with van der Waals surface area (Å²) in [7, 11) is 0. The first kappa shape index (κ1) is 19.4. The average Bonchev–Trinajstić information content (AvgIpc) is 3.18. The van der Waals surface area contributed by atoms with Crippen LogP contribution in [0.5, 0.6) is 0 Å². The van der Waals surface area contributed by atoms with Gasteiger partial charge in [0.05, 0.1) is 5.41 Å². The van der Waals surface area contributed by atoms with Gasteiger partial charge in [0.15, 0.2) is 0 Å². The molecular formula is C22H30FN3O2. The molecule has 3 aliphatic heterocycles. The number of halogens is 1. The Morgan fingerprint density at radius 2 is 1.75 bits per heavy atom. The number of nitrogens with zero attached hydrogens (tertiary/aromatic N) is 3. The lowest BCUT2D eigenvalue weighted by Crippen LogP contribution is -2.52. The van der Waals surface area contributed by atoms with E-state index in [1.807, 2.05) is 28.9 Å². The van der Waals surface area contributed by atoms with Crippen molar-refractivity contribution in [1.29, 1.82) is 0 Å². The van der Waals surface area contributed by atoms with Crippen LogP contribution in [-0.4, -0.2) is 65.8 Å². The normalized spacial score (nSPS) is 27.3. The first-order chi connectivity index (χ1) is 13.4. The molecule has 1 aromatic rings. The lowest BCUT2D eigenvalue weighted by molar-refractivity contribution is -0.142. The molecule has 152 valence electrons. The molecule has 0 N–H and O–H groups in total. The van der Waals surface area contributed by atoms with E-state index in [0.29, 0.717) is 13.1 Å². The zero-order chi connectivity index (χ0) is 19.9. The minimum atomic E-state index is -0.406. The zero-order valence-electron chi connectivity index (χ0n) is 16.9. The highest BCUT2D eigenvalue weighted by Gasteiger charge is 2.65. The quantitative estimate of drug-likeness (QED) is 0.801. The maximum atomic E-state index is 13.3. The third kappa shape index (κ3) is 3.02. The molecule has 3 aliphatic rings. The van der Waals surface area contributed by atoms with Crippen LogP contribution < -0.4 is 0 Å². The molecule has 2 amide bonds. The number of benzene rings is 1. The maximum absolute atomic E-state index is 13.3. The van der Waals surface area contributed by atoms with Crippen LogP contribution in [0.25, 0.3) is 0 Å². The Labute approximate surface area is 166 Å². The van der Waals surface area contributed by atoms with Gasteiger partial charge >= 0.3 is 0 Å². The first-order valence-electron chi connectivity index (χ1n) is 10.4. The van der Waals surface area contributed by atoms with E-state index in [1.54, 1.807) is 6.92 Å². The molecule has 3 heterocycles. The molecule has 1 atom stereocenters. The summed E-state index contributed by atoms with van der Waals surface area (Å²) in [5.41, 5.74) is 0.591. The summed E-state index contributed by atoms with van der Waals surface area (Å²) in [5.74, 6) is 0.122. The van der Waals surface area contributed by atoms with Crippen molar-refractivity contribution in [1.82, 2.24) is 14.7 Å². The highest BCUT2D eigenvalue weighted by atomic mass is 19.1. The molecule has 4 rings (SSSR count). The fourth-order valence-electron chi connectivity index (χ4n) is 5.69. The van der Waals surface area contributed by atoms with Crippen LogP contribution in [0.4, 0.5) is 4.39 Å². The van der Waals surface area contributed by atoms with Gasteiger partial charge in [0.25, 0.3) is 0 Å². The molecular weight excluding hydrogens is 357 g/mol. The summed E-state index contributed by atoms with van der Waals surface area (Å²) in [6.07, 6.45) is 2.73. The molecule has 1 aromatic carbocycles. The topological polar surface area (TPSA) is 43.9 Å². The van der Waals surface area contributed by atoms with Gasteiger partial charge in [-0.1, -0.05) is 12.1 Å². The minimum absolute atomic E-state index is 0.0766. The van der Waals surface area contributed by atoms with Gasteiger partial charge in [-0.2, -0.15) is 0 Å². The summed E-state index contributed by atoms with van der Waals surface area (Å²) in [4.78, 5) is 31.8. The SMILES string of the molecule is CCN1CCC2(CN(C(C)=O)CC23CCN(Cc2ccc(F)cc2)CC3)C1=O. The van der Waals surface area contributed by atoms with E-state index in [1.165, 1.54) is 12.1 Å². The molecule has 3 fully saturated rings. The van der Waals surface area contributed by atoms with Crippen LogP contribution in [0.15, 0.2) is 24.3 Å². The van der Waals surface area contributed by atoms with Gasteiger partial charge < -0.3 is 9.80 Å². The summed E-state index contributed by atoms with van der Waals surface area (Å²) in [6.45, 7) is 9.10. The van der Waals surface area contributed by atoms with Gasteiger partial charge in [-0.25, -0.2) is 4.39 Å². The number of hydrogen-bond acceptors (Lipinski definition) is 3. The number of piperidine rings is 1. The van der Waals surface area contributed by atoms with E-state index < -0.39 is 5.41 Å². The number of likely N-dealkylation sites (tertiary alicyclic amines) is 3. The van der Waals surface area contributed by atoms with Crippen LogP contribution in [0.1, 0.15) is 38.7 Å². The van der Waals surface area contributed by atoms with Crippen LogP contribution in [0, 0.1) is 16.6 Å². The Bertz CT molecular complexity index is 758. The second-order valence-electron chi connectivity index (χ2n) is 8.77. The lowest BCUT2D eigenvalue weighted by Gasteiger charge is -2.46. The van der Waals surface area contributed by atoms with Crippen LogP contribution in [0.2, 0.25) is 0 Å². The van der Waals surface area contributed by atoms with Crippen molar-refractivity contribution in [2.45, 2.75) is 39.7 Å². The monoisotopic (exact) mass is 387 g/mol. The van der Waals surface area contributed by atoms with Gasteiger partial charge in [-0.05, 0) is 57.0 Å². The van der Waals surface area contributed by atoms with Gasteiger partial charge in [-0.15, -0.1) is 0 Å². The van der Waals surface area contributed by atoms with Crippen molar-refractivity contribution in [3.05, 3.63) is 35.6 Å². The molecule has 0 aromatic heterocycles. The van der Waals surface area contributed by atoms with Crippen molar-refractivity contribution >= 4 is 11.8 Å². The molecule has 0 saturated carbocycles. The standard InChI is InChI=1S/C22H30FN3O2/c1-3-25-13-10-22(20(25)28)16-26(17(2)27)15-21(22)8-11-24(12-9-21)14-18-4-6-19(23)7-5-18/h4-7H,3,8-16H2,1-2H3.